The molecule has 1 aromatic heterocycles. The molecule has 0 aliphatic carbocycles. The number of aromatic nitrogens is 1. The van der Waals surface area contributed by atoms with Gasteiger partial charge in [0.2, 0.25) is 0 Å². The fourth-order valence-electron chi connectivity index (χ4n) is 3.83. The molecule has 31 heavy (non-hydrogen) atoms. The Labute approximate surface area is 193 Å². The van der Waals surface area contributed by atoms with Crippen LogP contribution in [-0.2, 0) is 11.3 Å². The Morgan fingerprint density at radius 2 is 1.68 bits per heavy atom. The van der Waals surface area contributed by atoms with E-state index in [4.69, 9.17) is 12.2 Å². The van der Waals surface area contributed by atoms with Crippen molar-refractivity contribution >= 4 is 61.8 Å². The number of rotatable bonds is 4. The van der Waals surface area contributed by atoms with Gasteiger partial charge in [-0.3, -0.25) is 9.69 Å². The highest BCUT2D eigenvalue weighted by atomic mass is 79.9. The molecule has 1 saturated heterocycles. The Morgan fingerprint density at radius 1 is 0.968 bits per heavy atom. The number of halogens is 1. The van der Waals surface area contributed by atoms with Crippen molar-refractivity contribution in [2.45, 2.75) is 6.54 Å². The first-order valence-electron chi connectivity index (χ1n) is 9.85. The second kappa shape index (κ2) is 8.13. The average molecular weight is 488 g/mol. The van der Waals surface area contributed by atoms with E-state index in [-0.39, 0.29) is 5.91 Å². The standard InChI is InChI=1S/C25H18BrN3OS/c26-19-11-12-23-21(14-19)18(16-28(23)15-17-7-3-1-4-8-17)13-22-24(30)29(25(31)27-22)20-9-5-2-6-10-20/h1-14,16H,15H2,(H,27,31)/b22-13+. The molecule has 152 valence electrons. The van der Waals surface area contributed by atoms with Gasteiger partial charge < -0.3 is 9.88 Å². The van der Waals surface area contributed by atoms with Crippen molar-refractivity contribution in [3.63, 3.8) is 0 Å². The van der Waals surface area contributed by atoms with Gasteiger partial charge in [0.05, 0.1) is 5.69 Å². The van der Waals surface area contributed by atoms with Crippen LogP contribution in [0.1, 0.15) is 11.1 Å². The van der Waals surface area contributed by atoms with Crippen LogP contribution >= 0.6 is 28.1 Å². The number of nitrogens with zero attached hydrogens (tertiary/aromatic N) is 2. The largest absolute Gasteiger partial charge is 0.342 e. The van der Waals surface area contributed by atoms with E-state index < -0.39 is 0 Å². The minimum Gasteiger partial charge on any atom is -0.342 e. The van der Waals surface area contributed by atoms with Crippen LogP contribution in [0.25, 0.3) is 17.0 Å². The molecule has 0 spiro atoms. The third kappa shape index (κ3) is 3.80. The Bertz CT molecular complexity index is 1330. The number of fused-ring (bicyclic) bond motifs is 1. The number of nitrogens with one attached hydrogen (secondary N) is 1. The number of carbonyl (C=O) groups is 1. The summed E-state index contributed by atoms with van der Waals surface area (Å²) in [5.74, 6) is -0.157. The molecule has 0 bridgehead atoms. The third-order valence-electron chi connectivity index (χ3n) is 5.26. The molecule has 1 fully saturated rings. The van der Waals surface area contributed by atoms with Gasteiger partial charge in [-0.25, -0.2) is 0 Å². The molecule has 2 heterocycles. The summed E-state index contributed by atoms with van der Waals surface area (Å²) in [6.45, 7) is 0.748. The summed E-state index contributed by atoms with van der Waals surface area (Å²) in [5.41, 5.74) is 4.50. The van der Waals surface area contributed by atoms with Gasteiger partial charge >= 0.3 is 0 Å². The van der Waals surface area contributed by atoms with E-state index in [1.54, 1.807) is 0 Å². The highest BCUT2D eigenvalue weighted by molar-refractivity contribution is 9.10. The summed E-state index contributed by atoms with van der Waals surface area (Å²) in [4.78, 5) is 14.6. The molecule has 0 saturated carbocycles. The van der Waals surface area contributed by atoms with Gasteiger partial charge in [-0.05, 0) is 54.2 Å². The van der Waals surface area contributed by atoms with Crippen LogP contribution in [0.15, 0.2) is 95.2 Å². The predicted octanol–water partition coefficient (Wildman–Crippen LogP) is 5.71. The van der Waals surface area contributed by atoms with Crippen molar-refractivity contribution in [3.05, 3.63) is 106 Å². The molecule has 1 N–H and O–H groups in total. The second-order valence-corrected chi connectivity index (χ2v) is 8.63. The topological polar surface area (TPSA) is 37.3 Å². The van der Waals surface area contributed by atoms with Crippen LogP contribution in [0.3, 0.4) is 0 Å². The Morgan fingerprint density at radius 3 is 2.42 bits per heavy atom. The summed E-state index contributed by atoms with van der Waals surface area (Å²) >= 11 is 9.02. The molecule has 4 aromatic rings. The second-order valence-electron chi connectivity index (χ2n) is 7.32. The minimum absolute atomic E-state index is 0.157. The van der Waals surface area contributed by atoms with Gasteiger partial charge in [-0.2, -0.15) is 0 Å². The molecule has 0 radical (unpaired) electrons. The van der Waals surface area contributed by atoms with Gasteiger partial charge in [-0.15, -0.1) is 0 Å². The van der Waals surface area contributed by atoms with Crippen LogP contribution in [-0.4, -0.2) is 15.6 Å². The number of hydrogen-bond donors (Lipinski definition) is 1. The Balaban J connectivity index is 1.56. The van der Waals surface area contributed by atoms with Crippen LogP contribution in [0.5, 0.6) is 0 Å². The molecule has 0 atom stereocenters. The highest BCUT2D eigenvalue weighted by Gasteiger charge is 2.32. The molecule has 5 rings (SSSR count). The molecule has 4 nitrogen and oxygen atoms in total. The third-order valence-corrected chi connectivity index (χ3v) is 6.04. The fourth-order valence-corrected chi connectivity index (χ4v) is 4.48. The average Bonchev–Trinajstić information content (AvgIpc) is 3.25. The lowest BCUT2D eigenvalue weighted by Crippen LogP contribution is -2.30. The van der Waals surface area contributed by atoms with Crippen molar-refractivity contribution in [1.29, 1.82) is 0 Å². The lowest BCUT2D eigenvalue weighted by atomic mass is 10.1. The SMILES string of the molecule is O=C1/C(=C\c2cn(Cc3ccccc3)c3ccc(Br)cc23)NC(=S)N1c1ccccc1. The molecule has 0 unspecified atom stereocenters. The summed E-state index contributed by atoms with van der Waals surface area (Å²) < 4.78 is 3.19. The maximum atomic E-state index is 13.1. The monoisotopic (exact) mass is 487 g/mol. The van der Waals surface area contributed by atoms with Crippen LogP contribution in [0, 0.1) is 0 Å². The first-order valence-corrected chi connectivity index (χ1v) is 11.0. The summed E-state index contributed by atoms with van der Waals surface area (Å²) in [6.07, 6.45) is 3.97. The molecule has 3 aromatic carbocycles. The maximum Gasteiger partial charge on any atom is 0.281 e. The van der Waals surface area contributed by atoms with Crippen molar-refractivity contribution in [3.8, 4) is 0 Å². The lowest BCUT2D eigenvalue weighted by Gasteiger charge is -2.13. The van der Waals surface area contributed by atoms with E-state index in [0.717, 1.165) is 33.2 Å². The molecule has 1 aliphatic heterocycles. The number of amides is 1. The molecule has 1 amide bonds. The number of benzene rings is 3. The zero-order valence-electron chi connectivity index (χ0n) is 16.5. The highest BCUT2D eigenvalue weighted by Crippen LogP contribution is 2.29. The van der Waals surface area contributed by atoms with E-state index in [9.17, 15) is 4.79 Å². The van der Waals surface area contributed by atoms with Gasteiger partial charge in [0.25, 0.3) is 5.91 Å². The van der Waals surface area contributed by atoms with Crippen molar-refractivity contribution in [2.24, 2.45) is 0 Å². The van der Waals surface area contributed by atoms with Gasteiger partial charge in [-0.1, -0.05) is 64.5 Å². The lowest BCUT2D eigenvalue weighted by molar-refractivity contribution is -0.113. The van der Waals surface area contributed by atoms with Gasteiger partial charge in [0, 0.05) is 33.7 Å². The van der Waals surface area contributed by atoms with Gasteiger partial charge in [0.1, 0.15) is 5.70 Å². The first kappa shape index (κ1) is 19.7. The zero-order valence-corrected chi connectivity index (χ0v) is 18.9. The van der Waals surface area contributed by atoms with Crippen molar-refractivity contribution in [1.82, 2.24) is 9.88 Å². The van der Waals surface area contributed by atoms with E-state index in [2.05, 4.69) is 56.3 Å². The number of thiocarbonyl (C=S) groups is 1. The number of para-hydroxylation sites is 1. The van der Waals surface area contributed by atoms with Crippen molar-refractivity contribution < 1.29 is 4.79 Å². The first-order chi connectivity index (χ1) is 15.1. The summed E-state index contributed by atoms with van der Waals surface area (Å²) in [5, 5.41) is 4.54. The molecular weight excluding hydrogens is 470 g/mol. The van der Waals surface area contributed by atoms with Crippen LogP contribution < -0.4 is 10.2 Å². The summed E-state index contributed by atoms with van der Waals surface area (Å²) in [6, 6.07) is 26.0. The fraction of sp³-hybridized carbons (Fsp3) is 0.0400. The van der Waals surface area contributed by atoms with Gasteiger partial charge in [0.15, 0.2) is 5.11 Å². The summed E-state index contributed by atoms with van der Waals surface area (Å²) in [7, 11) is 0. The number of hydrogen-bond acceptors (Lipinski definition) is 2. The number of carbonyl (C=O) groups excluding carboxylic acids is 1. The van der Waals surface area contributed by atoms with Crippen LogP contribution in [0.2, 0.25) is 0 Å². The minimum atomic E-state index is -0.157. The Hall–Kier alpha value is -3.22. The maximum absolute atomic E-state index is 13.1. The van der Waals surface area contributed by atoms with E-state index in [1.807, 2.05) is 60.7 Å². The van der Waals surface area contributed by atoms with Crippen LogP contribution in [0.4, 0.5) is 5.69 Å². The normalized spacial score (nSPS) is 15.1. The smallest absolute Gasteiger partial charge is 0.281 e. The quantitative estimate of drug-likeness (QED) is 0.295. The predicted molar refractivity (Wildman–Crippen MR) is 133 cm³/mol. The number of anilines is 1. The zero-order chi connectivity index (χ0) is 21.4. The molecule has 1 aliphatic rings. The van der Waals surface area contributed by atoms with E-state index in [0.29, 0.717) is 10.8 Å². The molecular formula is C25H18BrN3OS. The van der Waals surface area contributed by atoms with E-state index in [1.165, 1.54) is 10.5 Å². The van der Waals surface area contributed by atoms with E-state index >= 15 is 0 Å². The Kier molecular flexibility index (Phi) is 5.18. The molecule has 6 heteroatoms. The van der Waals surface area contributed by atoms with Crippen molar-refractivity contribution in [2.75, 3.05) is 4.90 Å².